The molecule has 5 heteroatoms. The second-order valence-corrected chi connectivity index (χ2v) is 6.05. The summed E-state index contributed by atoms with van der Waals surface area (Å²) in [5.74, 6) is 0.0169. The number of carboxylic acid groups (broad SMARTS) is 1. The standard InChI is InChI=1S/C16H22N2O3/c1-10(2)11(3)7-17-16(21)18-8-13-5-4-12(15(19)20)6-14(13)9-18/h4-6,10-11H,7-9H2,1-3H3,(H,17,21)(H,19,20). The van der Waals surface area contributed by atoms with Crippen LogP contribution in [-0.4, -0.2) is 28.6 Å². The van der Waals surface area contributed by atoms with E-state index in [0.717, 1.165) is 11.1 Å². The maximum absolute atomic E-state index is 12.2. The fourth-order valence-electron chi connectivity index (χ4n) is 2.27. The van der Waals surface area contributed by atoms with Crippen LogP contribution in [0.5, 0.6) is 0 Å². The minimum Gasteiger partial charge on any atom is -0.478 e. The lowest BCUT2D eigenvalue weighted by Crippen LogP contribution is -2.39. The number of hydrogen-bond acceptors (Lipinski definition) is 2. The van der Waals surface area contributed by atoms with Crippen molar-refractivity contribution in [1.82, 2.24) is 10.2 Å². The molecule has 0 fully saturated rings. The highest BCUT2D eigenvalue weighted by molar-refractivity contribution is 5.88. The van der Waals surface area contributed by atoms with E-state index in [1.807, 2.05) is 0 Å². The van der Waals surface area contributed by atoms with Gasteiger partial charge in [0.25, 0.3) is 0 Å². The number of nitrogens with zero attached hydrogens (tertiary/aromatic N) is 1. The normalized spacial score (nSPS) is 15.0. The van der Waals surface area contributed by atoms with E-state index >= 15 is 0 Å². The van der Waals surface area contributed by atoms with Gasteiger partial charge >= 0.3 is 12.0 Å². The summed E-state index contributed by atoms with van der Waals surface area (Å²) >= 11 is 0. The second-order valence-electron chi connectivity index (χ2n) is 6.05. The maximum Gasteiger partial charge on any atom is 0.335 e. The Morgan fingerprint density at radius 2 is 1.90 bits per heavy atom. The first-order valence-electron chi connectivity index (χ1n) is 7.26. The van der Waals surface area contributed by atoms with E-state index < -0.39 is 5.97 Å². The van der Waals surface area contributed by atoms with Crippen LogP contribution in [0.2, 0.25) is 0 Å². The highest BCUT2D eigenvalue weighted by atomic mass is 16.4. The molecule has 1 aliphatic heterocycles. The molecule has 0 aromatic heterocycles. The Balaban J connectivity index is 1.96. The van der Waals surface area contributed by atoms with Crippen LogP contribution in [0.25, 0.3) is 0 Å². The number of carboxylic acids is 1. The lowest BCUT2D eigenvalue weighted by Gasteiger charge is -2.20. The summed E-state index contributed by atoms with van der Waals surface area (Å²) in [6.07, 6.45) is 0. The van der Waals surface area contributed by atoms with Crippen molar-refractivity contribution in [2.45, 2.75) is 33.9 Å². The fraction of sp³-hybridized carbons (Fsp3) is 0.500. The predicted octanol–water partition coefficient (Wildman–Crippen LogP) is 2.70. The number of carbonyl (C=O) groups excluding carboxylic acids is 1. The highest BCUT2D eigenvalue weighted by Crippen LogP contribution is 2.24. The summed E-state index contributed by atoms with van der Waals surface area (Å²) in [7, 11) is 0. The van der Waals surface area contributed by atoms with E-state index in [-0.39, 0.29) is 11.6 Å². The Kier molecular flexibility index (Phi) is 4.50. The van der Waals surface area contributed by atoms with Crippen molar-refractivity contribution in [3.8, 4) is 0 Å². The van der Waals surface area contributed by atoms with E-state index in [1.54, 1.807) is 23.1 Å². The van der Waals surface area contributed by atoms with E-state index in [2.05, 4.69) is 26.1 Å². The maximum atomic E-state index is 12.2. The molecule has 1 aliphatic rings. The van der Waals surface area contributed by atoms with Crippen LogP contribution < -0.4 is 5.32 Å². The third-order valence-electron chi connectivity index (χ3n) is 4.18. The molecule has 1 heterocycles. The van der Waals surface area contributed by atoms with Gasteiger partial charge in [-0.25, -0.2) is 9.59 Å². The second kappa shape index (κ2) is 6.16. The van der Waals surface area contributed by atoms with Crippen molar-refractivity contribution < 1.29 is 14.7 Å². The largest absolute Gasteiger partial charge is 0.478 e. The van der Waals surface area contributed by atoms with Crippen LogP contribution in [0.1, 0.15) is 42.3 Å². The number of nitrogens with one attached hydrogen (secondary N) is 1. The Bertz CT molecular complexity index is 554. The molecule has 0 spiro atoms. The molecule has 0 saturated heterocycles. The fourth-order valence-corrected chi connectivity index (χ4v) is 2.27. The average molecular weight is 290 g/mol. The zero-order valence-corrected chi connectivity index (χ0v) is 12.7. The number of amides is 2. The van der Waals surface area contributed by atoms with Crippen molar-refractivity contribution in [2.75, 3.05) is 6.54 Å². The predicted molar refractivity (Wildman–Crippen MR) is 80.0 cm³/mol. The summed E-state index contributed by atoms with van der Waals surface area (Å²) in [4.78, 5) is 24.8. The number of hydrogen-bond donors (Lipinski definition) is 2. The van der Waals surface area contributed by atoms with Gasteiger partial charge in [0.05, 0.1) is 5.56 Å². The van der Waals surface area contributed by atoms with Crippen molar-refractivity contribution in [2.24, 2.45) is 11.8 Å². The molecule has 1 unspecified atom stereocenters. The Morgan fingerprint density at radius 3 is 2.52 bits per heavy atom. The first-order valence-corrected chi connectivity index (χ1v) is 7.26. The van der Waals surface area contributed by atoms with Crippen molar-refractivity contribution in [3.63, 3.8) is 0 Å². The molecule has 1 aromatic carbocycles. The van der Waals surface area contributed by atoms with Crippen LogP contribution in [0.3, 0.4) is 0 Å². The molecule has 2 rings (SSSR count). The monoisotopic (exact) mass is 290 g/mol. The van der Waals surface area contributed by atoms with E-state index in [0.29, 0.717) is 31.5 Å². The van der Waals surface area contributed by atoms with Crippen LogP contribution in [-0.2, 0) is 13.1 Å². The Labute approximate surface area is 125 Å². The molecular weight excluding hydrogens is 268 g/mol. The summed E-state index contributed by atoms with van der Waals surface area (Å²) in [5.41, 5.74) is 2.21. The highest BCUT2D eigenvalue weighted by Gasteiger charge is 2.24. The molecule has 0 saturated carbocycles. The van der Waals surface area contributed by atoms with Crippen LogP contribution in [0.4, 0.5) is 4.79 Å². The third-order valence-corrected chi connectivity index (χ3v) is 4.18. The topological polar surface area (TPSA) is 69.6 Å². The van der Waals surface area contributed by atoms with Crippen molar-refractivity contribution in [3.05, 3.63) is 34.9 Å². The van der Waals surface area contributed by atoms with Crippen LogP contribution >= 0.6 is 0 Å². The third kappa shape index (κ3) is 3.54. The van der Waals surface area contributed by atoms with Gasteiger partial charge in [0, 0.05) is 19.6 Å². The number of carbonyl (C=O) groups is 2. The first-order chi connectivity index (χ1) is 9.88. The number of fused-ring (bicyclic) bond motifs is 1. The minimum atomic E-state index is -0.938. The van der Waals surface area contributed by atoms with Gasteiger partial charge in [0.1, 0.15) is 0 Å². The summed E-state index contributed by atoms with van der Waals surface area (Å²) in [6, 6.07) is 4.95. The molecule has 21 heavy (non-hydrogen) atoms. The van der Waals surface area contributed by atoms with Crippen molar-refractivity contribution >= 4 is 12.0 Å². The van der Waals surface area contributed by atoms with Gasteiger partial charge in [0.2, 0.25) is 0 Å². The van der Waals surface area contributed by atoms with Gasteiger partial charge in [-0.3, -0.25) is 0 Å². The quantitative estimate of drug-likeness (QED) is 0.895. The number of aromatic carboxylic acids is 1. The zero-order chi connectivity index (χ0) is 15.6. The van der Waals surface area contributed by atoms with Crippen molar-refractivity contribution in [1.29, 1.82) is 0 Å². The van der Waals surface area contributed by atoms with Gasteiger partial charge < -0.3 is 15.3 Å². The van der Waals surface area contributed by atoms with E-state index in [1.165, 1.54) is 0 Å². The van der Waals surface area contributed by atoms with Gasteiger partial charge in [-0.1, -0.05) is 26.8 Å². The summed E-state index contributed by atoms with van der Waals surface area (Å²) < 4.78 is 0. The molecule has 1 aromatic rings. The van der Waals surface area contributed by atoms with Gasteiger partial charge in [0.15, 0.2) is 0 Å². The van der Waals surface area contributed by atoms with Crippen LogP contribution in [0.15, 0.2) is 18.2 Å². The molecule has 2 N–H and O–H groups in total. The summed E-state index contributed by atoms with van der Waals surface area (Å²) in [6.45, 7) is 8.05. The molecule has 1 atom stereocenters. The lowest BCUT2D eigenvalue weighted by molar-refractivity contribution is 0.0696. The number of rotatable bonds is 4. The van der Waals surface area contributed by atoms with E-state index in [4.69, 9.17) is 5.11 Å². The zero-order valence-electron chi connectivity index (χ0n) is 12.7. The Hall–Kier alpha value is -2.04. The Morgan fingerprint density at radius 1 is 1.24 bits per heavy atom. The van der Waals surface area contributed by atoms with Gasteiger partial charge in [-0.2, -0.15) is 0 Å². The van der Waals surface area contributed by atoms with Crippen LogP contribution in [0, 0.1) is 11.8 Å². The molecule has 0 aliphatic carbocycles. The minimum absolute atomic E-state index is 0.0874. The van der Waals surface area contributed by atoms with E-state index in [9.17, 15) is 9.59 Å². The smallest absolute Gasteiger partial charge is 0.335 e. The molecule has 0 radical (unpaired) electrons. The molecule has 5 nitrogen and oxygen atoms in total. The number of urea groups is 1. The average Bonchev–Trinajstić information content (AvgIpc) is 2.86. The molecule has 2 amide bonds. The summed E-state index contributed by atoms with van der Waals surface area (Å²) in [5, 5.41) is 11.9. The molecular formula is C16H22N2O3. The van der Waals surface area contributed by atoms with Gasteiger partial charge in [-0.05, 0) is 35.1 Å². The lowest BCUT2D eigenvalue weighted by atomic mass is 9.98. The number of benzene rings is 1. The molecule has 0 bridgehead atoms. The first kappa shape index (κ1) is 15.4. The van der Waals surface area contributed by atoms with Gasteiger partial charge in [-0.15, -0.1) is 0 Å². The molecule has 114 valence electrons. The SMILES string of the molecule is CC(C)C(C)CNC(=O)N1Cc2ccc(C(=O)O)cc2C1.